The maximum Gasteiger partial charge on any atom is 0.170 e. The number of benzene rings is 1. The molecule has 2 aromatic rings. The second-order valence-electron chi connectivity index (χ2n) is 5.17. The summed E-state index contributed by atoms with van der Waals surface area (Å²) in [6, 6.07) is 7.64. The molecular formula is C16H18FNO. The average molecular weight is 259 g/mol. The van der Waals surface area contributed by atoms with Crippen molar-refractivity contribution in [3.8, 4) is 0 Å². The van der Waals surface area contributed by atoms with Gasteiger partial charge in [-0.2, -0.15) is 0 Å². The molecule has 1 N–H and O–H groups in total. The molecule has 1 aliphatic rings. The zero-order chi connectivity index (χ0) is 13.2. The van der Waals surface area contributed by atoms with Gasteiger partial charge in [0, 0.05) is 11.4 Å². The minimum absolute atomic E-state index is 0.299. The fourth-order valence-corrected chi connectivity index (χ4v) is 2.19. The Kier molecular flexibility index (Phi) is 3.38. The number of para-hydroxylation sites is 1. The van der Waals surface area contributed by atoms with E-state index >= 15 is 0 Å². The Morgan fingerprint density at radius 1 is 1.47 bits per heavy atom. The highest BCUT2D eigenvalue weighted by Crippen LogP contribution is 2.26. The molecule has 3 heteroatoms. The summed E-state index contributed by atoms with van der Waals surface area (Å²) >= 11 is 0. The molecule has 1 heterocycles. The van der Waals surface area contributed by atoms with Crippen molar-refractivity contribution >= 4 is 16.5 Å². The van der Waals surface area contributed by atoms with Gasteiger partial charge in [-0.1, -0.05) is 18.2 Å². The Labute approximate surface area is 112 Å². The van der Waals surface area contributed by atoms with Gasteiger partial charge in [0.15, 0.2) is 11.4 Å². The molecule has 0 atom stereocenters. The van der Waals surface area contributed by atoms with Crippen LogP contribution in [0.3, 0.4) is 0 Å². The largest absolute Gasteiger partial charge is 0.453 e. The molecule has 1 aromatic heterocycles. The van der Waals surface area contributed by atoms with Crippen molar-refractivity contribution in [3.05, 3.63) is 41.9 Å². The van der Waals surface area contributed by atoms with E-state index in [9.17, 15) is 4.39 Å². The van der Waals surface area contributed by atoms with Crippen LogP contribution in [-0.4, -0.2) is 12.6 Å². The first-order chi connectivity index (χ1) is 9.24. The Morgan fingerprint density at radius 3 is 3.05 bits per heavy atom. The normalized spacial score (nSPS) is 16.2. The van der Waals surface area contributed by atoms with E-state index in [-0.39, 0.29) is 5.82 Å². The number of fused-ring (bicyclic) bond motifs is 1. The van der Waals surface area contributed by atoms with Crippen LogP contribution < -0.4 is 5.32 Å². The molecule has 3 rings (SSSR count). The lowest BCUT2D eigenvalue weighted by Crippen LogP contribution is -2.16. The third kappa shape index (κ3) is 2.87. The molecule has 0 unspecified atom stereocenters. The highest BCUT2D eigenvalue weighted by molar-refractivity contribution is 5.82. The van der Waals surface area contributed by atoms with Gasteiger partial charge < -0.3 is 9.73 Å². The van der Waals surface area contributed by atoms with Crippen molar-refractivity contribution in [1.29, 1.82) is 0 Å². The van der Waals surface area contributed by atoms with Gasteiger partial charge in [-0.15, -0.1) is 0 Å². The number of hydrogen-bond donors (Lipinski definition) is 1. The third-order valence-electron chi connectivity index (χ3n) is 3.49. The number of halogens is 1. The van der Waals surface area contributed by atoms with Crippen LogP contribution in [0.5, 0.6) is 0 Å². The van der Waals surface area contributed by atoms with E-state index < -0.39 is 0 Å². The first-order valence-corrected chi connectivity index (χ1v) is 6.82. The predicted molar refractivity (Wildman–Crippen MR) is 75.5 cm³/mol. The van der Waals surface area contributed by atoms with Crippen LogP contribution in [-0.2, 0) is 0 Å². The molecule has 0 aliphatic heterocycles. The van der Waals surface area contributed by atoms with Crippen molar-refractivity contribution in [3.63, 3.8) is 0 Å². The molecular weight excluding hydrogens is 241 g/mol. The minimum Gasteiger partial charge on any atom is -0.453 e. The van der Waals surface area contributed by atoms with Crippen LogP contribution in [0.2, 0.25) is 0 Å². The number of nitrogens with one attached hydrogen (secondary N) is 1. The van der Waals surface area contributed by atoms with Gasteiger partial charge in [0.05, 0.1) is 0 Å². The van der Waals surface area contributed by atoms with Crippen LogP contribution >= 0.6 is 0 Å². The second-order valence-corrected chi connectivity index (χ2v) is 5.17. The maximum absolute atomic E-state index is 13.5. The molecule has 1 saturated carbocycles. The van der Waals surface area contributed by atoms with E-state index in [1.54, 1.807) is 6.07 Å². The van der Waals surface area contributed by atoms with Gasteiger partial charge in [0.25, 0.3) is 0 Å². The zero-order valence-electron chi connectivity index (χ0n) is 11.1. The average Bonchev–Trinajstić information content (AvgIpc) is 3.11. The topological polar surface area (TPSA) is 25.2 Å². The van der Waals surface area contributed by atoms with Gasteiger partial charge in [0.1, 0.15) is 5.76 Å². The standard InChI is InChI=1S/C16H18FNO/c1-11(4-3-9-18-13-7-8-13)15-10-12-5-2-6-14(17)16(12)19-15/h2,4-6,10,13,18H,3,7-9H2,1H3/b11-4-. The molecule has 1 aliphatic carbocycles. The molecule has 2 nitrogen and oxygen atoms in total. The summed E-state index contributed by atoms with van der Waals surface area (Å²) in [5.41, 5.74) is 1.41. The Balaban J connectivity index is 1.71. The fraction of sp³-hybridized carbons (Fsp3) is 0.375. The fourth-order valence-electron chi connectivity index (χ4n) is 2.19. The van der Waals surface area contributed by atoms with E-state index in [0.717, 1.165) is 35.7 Å². The molecule has 1 aromatic carbocycles. The van der Waals surface area contributed by atoms with Crippen LogP contribution in [0.4, 0.5) is 4.39 Å². The van der Waals surface area contributed by atoms with E-state index in [0.29, 0.717) is 5.58 Å². The van der Waals surface area contributed by atoms with Gasteiger partial charge in [-0.05, 0) is 50.4 Å². The molecule has 0 spiro atoms. The van der Waals surface area contributed by atoms with Crippen molar-refractivity contribution in [2.75, 3.05) is 6.54 Å². The van der Waals surface area contributed by atoms with Gasteiger partial charge in [0.2, 0.25) is 0 Å². The highest BCUT2D eigenvalue weighted by atomic mass is 19.1. The molecule has 0 saturated heterocycles. The minimum atomic E-state index is -0.299. The van der Waals surface area contributed by atoms with Crippen LogP contribution in [0.1, 0.15) is 31.9 Å². The lowest BCUT2D eigenvalue weighted by atomic mass is 10.1. The number of rotatable bonds is 5. The van der Waals surface area contributed by atoms with Crippen LogP contribution in [0.15, 0.2) is 34.8 Å². The summed E-state index contributed by atoms with van der Waals surface area (Å²) in [6.07, 6.45) is 5.74. The van der Waals surface area contributed by atoms with E-state index in [2.05, 4.69) is 11.4 Å². The van der Waals surface area contributed by atoms with E-state index in [1.165, 1.54) is 18.9 Å². The van der Waals surface area contributed by atoms with Crippen molar-refractivity contribution in [2.24, 2.45) is 0 Å². The Morgan fingerprint density at radius 2 is 2.32 bits per heavy atom. The lowest BCUT2D eigenvalue weighted by molar-refractivity contribution is 0.551. The van der Waals surface area contributed by atoms with Gasteiger partial charge in [-0.3, -0.25) is 0 Å². The molecule has 19 heavy (non-hydrogen) atoms. The summed E-state index contributed by atoms with van der Waals surface area (Å²) in [5, 5.41) is 4.28. The molecule has 0 radical (unpaired) electrons. The van der Waals surface area contributed by atoms with E-state index in [1.807, 2.05) is 19.1 Å². The van der Waals surface area contributed by atoms with Crippen LogP contribution in [0.25, 0.3) is 16.5 Å². The summed E-state index contributed by atoms with van der Waals surface area (Å²) in [7, 11) is 0. The third-order valence-corrected chi connectivity index (χ3v) is 3.49. The summed E-state index contributed by atoms with van der Waals surface area (Å²) in [4.78, 5) is 0. The quantitative estimate of drug-likeness (QED) is 0.817. The van der Waals surface area contributed by atoms with Gasteiger partial charge >= 0.3 is 0 Å². The van der Waals surface area contributed by atoms with Crippen molar-refractivity contribution < 1.29 is 8.81 Å². The smallest absolute Gasteiger partial charge is 0.170 e. The first-order valence-electron chi connectivity index (χ1n) is 6.82. The highest BCUT2D eigenvalue weighted by Gasteiger charge is 2.19. The Bertz CT molecular complexity index is 610. The predicted octanol–water partition coefficient (Wildman–Crippen LogP) is 4.12. The summed E-state index contributed by atoms with van der Waals surface area (Å²) in [5.74, 6) is 0.457. The molecule has 0 amide bonds. The SMILES string of the molecule is C/C(=C/CCNC1CC1)c1cc2cccc(F)c2o1. The van der Waals surface area contributed by atoms with E-state index in [4.69, 9.17) is 4.42 Å². The molecule has 100 valence electrons. The first kappa shape index (κ1) is 12.4. The van der Waals surface area contributed by atoms with Crippen molar-refractivity contribution in [1.82, 2.24) is 5.32 Å². The second kappa shape index (κ2) is 5.17. The summed E-state index contributed by atoms with van der Waals surface area (Å²) < 4.78 is 19.1. The van der Waals surface area contributed by atoms with Crippen LogP contribution in [0, 0.1) is 5.82 Å². The van der Waals surface area contributed by atoms with Crippen molar-refractivity contribution in [2.45, 2.75) is 32.2 Å². The lowest BCUT2D eigenvalue weighted by Gasteiger charge is -1.99. The molecule has 1 fully saturated rings. The number of hydrogen-bond acceptors (Lipinski definition) is 2. The van der Waals surface area contributed by atoms with Gasteiger partial charge in [-0.25, -0.2) is 4.39 Å². The number of furan rings is 1. The zero-order valence-corrected chi connectivity index (χ0v) is 11.1. The molecule has 0 bridgehead atoms. The summed E-state index contributed by atoms with van der Waals surface area (Å²) in [6.45, 7) is 3.00. The number of allylic oxidation sites excluding steroid dienone is 1. The Hall–Kier alpha value is -1.61. The monoisotopic (exact) mass is 259 g/mol. The maximum atomic E-state index is 13.5.